The first kappa shape index (κ1) is 21.0. The molecule has 0 aromatic heterocycles. The Hall–Kier alpha value is -2.34. The molecular formula is C21H25BrN2O3. The van der Waals surface area contributed by atoms with E-state index in [0.717, 1.165) is 10.0 Å². The number of nitrogens with zero attached hydrogens (tertiary/aromatic N) is 1. The Morgan fingerprint density at radius 3 is 2.37 bits per heavy atom. The smallest absolute Gasteiger partial charge is 0.255 e. The molecule has 2 rings (SSSR count). The van der Waals surface area contributed by atoms with Gasteiger partial charge in [-0.15, -0.1) is 0 Å². The second-order valence-electron chi connectivity index (χ2n) is 6.68. The number of para-hydroxylation sites is 1. The fraction of sp³-hybridized carbons (Fsp3) is 0.333. The summed E-state index contributed by atoms with van der Waals surface area (Å²) in [6.45, 7) is 4.28. The van der Waals surface area contributed by atoms with E-state index in [2.05, 4.69) is 21.2 Å². The van der Waals surface area contributed by atoms with E-state index in [4.69, 9.17) is 4.74 Å². The number of benzene rings is 2. The van der Waals surface area contributed by atoms with Crippen LogP contribution in [0.15, 0.2) is 53.0 Å². The molecule has 1 atom stereocenters. The van der Waals surface area contributed by atoms with E-state index in [1.54, 1.807) is 36.2 Å². The van der Waals surface area contributed by atoms with Crippen molar-refractivity contribution in [1.82, 2.24) is 10.2 Å². The zero-order valence-corrected chi connectivity index (χ0v) is 17.6. The second-order valence-corrected chi connectivity index (χ2v) is 7.54. The van der Waals surface area contributed by atoms with Gasteiger partial charge in [0.25, 0.3) is 5.91 Å². The Balaban J connectivity index is 2.15. The van der Waals surface area contributed by atoms with Gasteiger partial charge in [-0.25, -0.2) is 0 Å². The van der Waals surface area contributed by atoms with Crippen molar-refractivity contribution in [2.75, 3.05) is 14.2 Å². The van der Waals surface area contributed by atoms with Crippen LogP contribution in [0.4, 0.5) is 0 Å². The molecule has 0 heterocycles. The number of methoxy groups -OCH3 is 1. The number of amides is 2. The van der Waals surface area contributed by atoms with Gasteiger partial charge in [0.05, 0.1) is 12.7 Å². The van der Waals surface area contributed by atoms with E-state index in [0.29, 0.717) is 17.9 Å². The van der Waals surface area contributed by atoms with E-state index in [1.165, 1.54) is 7.11 Å². The maximum atomic E-state index is 13.0. The van der Waals surface area contributed by atoms with E-state index in [-0.39, 0.29) is 17.7 Å². The highest BCUT2D eigenvalue weighted by molar-refractivity contribution is 9.10. The fourth-order valence-corrected chi connectivity index (χ4v) is 3.17. The van der Waals surface area contributed by atoms with E-state index in [1.807, 2.05) is 38.1 Å². The lowest BCUT2D eigenvalue weighted by Gasteiger charge is -2.27. The molecule has 0 spiro atoms. The van der Waals surface area contributed by atoms with Gasteiger partial charge in [0.15, 0.2) is 0 Å². The zero-order chi connectivity index (χ0) is 20.0. The number of carbonyl (C=O) groups excluding carboxylic acids is 2. The molecule has 2 aromatic carbocycles. The summed E-state index contributed by atoms with van der Waals surface area (Å²) >= 11 is 3.51. The van der Waals surface area contributed by atoms with Crippen LogP contribution in [0.2, 0.25) is 0 Å². The molecule has 0 saturated heterocycles. The molecule has 144 valence electrons. The predicted molar refractivity (Wildman–Crippen MR) is 110 cm³/mol. The standard InChI is InChI=1S/C21H25BrN2O3/c1-14(2)19(23-20(25)16-10-6-8-12-18(16)27-4)21(26)24(3)13-15-9-5-7-11-17(15)22/h5-12,14,19H,13H2,1-4H3,(H,23,25)/t19-/m0/s1. The molecule has 0 saturated carbocycles. The summed E-state index contributed by atoms with van der Waals surface area (Å²) in [5.41, 5.74) is 1.42. The van der Waals surface area contributed by atoms with Crippen LogP contribution in [-0.4, -0.2) is 36.9 Å². The van der Waals surface area contributed by atoms with Crippen molar-refractivity contribution in [3.63, 3.8) is 0 Å². The number of hydrogen-bond donors (Lipinski definition) is 1. The summed E-state index contributed by atoms with van der Waals surface area (Å²) in [4.78, 5) is 27.3. The third-order valence-corrected chi connectivity index (χ3v) is 5.09. The number of carbonyl (C=O) groups is 2. The molecule has 0 aliphatic heterocycles. The maximum Gasteiger partial charge on any atom is 0.255 e. The Morgan fingerprint density at radius 1 is 1.11 bits per heavy atom. The average molecular weight is 433 g/mol. The summed E-state index contributed by atoms with van der Waals surface area (Å²) in [6.07, 6.45) is 0. The number of hydrogen-bond acceptors (Lipinski definition) is 3. The van der Waals surface area contributed by atoms with E-state index >= 15 is 0 Å². The summed E-state index contributed by atoms with van der Waals surface area (Å²) < 4.78 is 6.20. The molecule has 0 fully saturated rings. The molecule has 0 radical (unpaired) electrons. The summed E-state index contributed by atoms with van der Waals surface area (Å²) in [6, 6.07) is 14.1. The molecule has 0 bridgehead atoms. The van der Waals surface area contributed by atoms with Gasteiger partial charge in [0.2, 0.25) is 5.91 Å². The highest BCUT2D eigenvalue weighted by atomic mass is 79.9. The van der Waals surface area contributed by atoms with Crippen molar-refractivity contribution in [3.05, 3.63) is 64.1 Å². The van der Waals surface area contributed by atoms with Crippen molar-refractivity contribution in [3.8, 4) is 5.75 Å². The predicted octanol–water partition coefficient (Wildman–Crippen LogP) is 3.87. The van der Waals surface area contributed by atoms with Gasteiger partial charge in [0, 0.05) is 18.1 Å². The lowest BCUT2D eigenvalue weighted by molar-refractivity contribution is -0.133. The first-order chi connectivity index (χ1) is 12.8. The Morgan fingerprint density at radius 2 is 1.74 bits per heavy atom. The van der Waals surface area contributed by atoms with Crippen LogP contribution in [-0.2, 0) is 11.3 Å². The number of likely N-dealkylation sites (N-methyl/N-ethyl adjacent to an activating group) is 1. The Kier molecular flexibility index (Phi) is 7.42. The quantitative estimate of drug-likeness (QED) is 0.722. The first-order valence-corrected chi connectivity index (χ1v) is 9.56. The van der Waals surface area contributed by atoms with Crippen LogP contribution in [0.5, 0.6) is 5.75 Å². The van der Waals surface area contributed by atoms with Crippen LogP contribution >= 0.6 is 15.9 Å². The van der Waals surface area contributed by atoms with Crippen LogP contribution in [0.25, 0.3) is 0 Å². The molecule has 6 heteroatoms. The van der Waals surface area contributed by atoms with Gasteiger partial charge in [-0.3, -0.25) is 9.59 Å². The number of rotatable bonds is 7. The molecule has 2 amide bonds. The Bertz CT molecular complexity index is 808. The van der Waals surface area contributed by atoms with Crippen molar-refractivity contribution >= 4 is 27.7 Å². The highest BCUT2D eigenvalue weighted by Gasteiger charge is 2.28. The highest BCUT2D eigenvalue weighted by Crippen LogP contribution is 2.20. The fourth-order valence-electron chi connectivity index (χ4n) is 2.76. The van der Waals surface area contributed by atoms with E-state index < -0.39 is 6.04 Å². The molecule has 0 unspecified atom stereocenters. The van der Waals surface area contributed by atoms with Gasteiger partial charge in [-0.1, -0.05) is 60.1 Å². The van der Waals surface area contributed by atoms with Crippen molar-refractivity contribution in [1.29, 1.82) is 0 Å². The molecule has 27 heavy (non-hydrogen) atoms. The summed E-state index contributed by atoms with van der Waals surface area (Å²) in [7, 11) is 3.26. The van der Waals surface area contributed by atoms with Crippen molar-refractivity contribution in [2.24, 2.45) is 5.92 Å². The minimum Gasteiger partial charge on any atom is -0.496 e. The molecule has 5 nitrogen and oxygen atoms in total. The topological polar surface area (TPSA) is 58.6 Å². The van der Waals surface area contributed by atoms with Crippen LogP contribution in [0.3, 0.4) is 0 Å². The minimum absolute atomic E-state index is 0.0576. The minimum atomic E-state index is -0.630. The third-order valence-electron chi connectivity index (χ3n) is 4.31. The van der Waals surface area contributed by atoms with Gasteiger partial charge in [-0.2, -0.15) is 0 Å². The second kappa shape index (κ2) is 9.55. The third kappa shape index (κ3) is 5.32. The summed E-state index contributed by atoms with van der Waals surface area (Å²) in [5.74, 6) is -0.0397. The van der Waals surface area contributed by atoms with Crippen LogP contribution in [0, 0.1) is 5.92 Å². The monoisotopic (exact) mass is 432 g/mol. The van der Waals surface area contributed by atoms with Crippen LogP contribution < -0.4 is 10.1 Å². The number of ether oxygens (including phenoxy) is 1. The van der Waals surface area contributed by atoms with Gasteiger partial charge >= 0.3 is 0 Å². The molecule has 1 N–H and O–H groups in total. The normalized spacial score (nSPS) is 11.8. The first-order valence-electron chi connectivity index (χ1n) is 8.77. The van der Waals surface area contributed by atoms with Gasteiger partial charge in [-0.05, 0) is 29.7 Å². The van der Waals surface area contributed by atoms with Crippen LogP contribution in [0.1, 0.15) is 29.8 Å². The maximum absolute atomic E-state index is 13.0. The average Bonchev–Trinajstić information content (AvgIpc) is 2.66. The molecule has 0 aliphatic rings. The summed E-state index contributed by atoms with van der Waals surface area (Å²) in [5, 5.41) is 2.87. The van der Waals surface area contributed by atoms with Gasteiger partial charge < -0.3 is 15.0 Å². The molecule has 2 aromatic rings. The number of nitrogens with one attached hydrogen (secondary N) is 1. The lowest BCUT2D eigenvalue weighted by atomic mass is 10.0. The lowest BCUT2D eigenvalue weighted by Crippen LogP contribution is -2.50. The Labute approximate surface area is 168 Å². The van der Waals surface area contributed by atoms with E-state index in [9.17, 15) is 9.59 Å². The molecule has 0 aliphatic carbocycles. The van der Waals surface area contributed by atoms with Gasteiger partial charge in [0.1, 0.15) is 11.8 Å². The van der Waals surface area contributed by atoms with Crippen molar-refractivity contribution < 1.29 is 14.3 Å². The number of halogens is 1. The zero-order valence-electron chi connectivity index (χ0n) is 16.0. The largest absolute Gasteiger partial charge is 0.496 e. The SMILES string of the molecule is COc1ccccc1C(=O)N[C@H](C(=O)N(C)Cc1ccccc1Br)C(C)C. The molecular weight excluding hydrogens is 408 g/mol. The van der Waals surface area contributed by atoms with Crippen molar-refractivity contribution in [2.45, 2.75) is 26.4 Å².